The SMILES string of the molecule is CCc1ccc(CC)c(C(Br)c2cc3c(s2)CCCC3)c1. The third kappa shape index (κ3) is 3.12. The summed E-state index contributed by atoms with van der Waals surface area (Å²) in [4.78, 5) is 3.48. The Balaban J connectivity index is 1.97. The lowest BCUT2D eigenvalue weighted by Crippen LogP contribution is -1.98. The van der Waals surface area contributed by atoms with Gasteiger partial charge in [-0.3, -0.25) is 0 Å². The van der Waals surface area contributed by atoms with Crippen molar-refractivity contribution in [2.75, 3.05) is 0 Å². The van der Waals surface area contributed by atoms with E-state index in [0.29, 0.717) is 4.83 Å². The summed E-state index contributed by atoms with van der Waals surface area (Å²) >= 11 is 6.01. The largest absolute Gasteiger partial charge is 0.144 e. The molecule has 1 atom stereocenters. The predicted molar refractivity (Wildman–Crippen MR) is 96.9 cm³/mol. The third-order valence-corrected chi connectivity index (χ3v) is 7.13. The second kappa shape index (κ2) is 6.66. The van der Waals surface area contributed by atoms with Gasteiger partial charge in [0.15, 0.2) is 0 Å². The fourth-order valence-corrected chi connectivity index (χ4v) is 5.31. The molecule has 0 saturated heterocycles. The molecule has 1 aromatic carbocycles. The maximum absolute atomic E-state index is 3.99. The normalized spacial score (nSPS) is 15.8. The van der Waals surface area contributed by atoms with Gasteiger partial charge in [0.25, 0.3) is 0 Å². The number of benzene rings is 1. The highest BCUT2D eigenvalue weighted by Gasteiger charge is 2.20. The molecule has 0 nitrogen and oxygen atoms in total. The number of rotatable bonds is 4. The summed E-state index contributed by atoms with van der Waals surface area (Å²) in [6.07, 6.45) is 7.51. The first-order valence-electron chi connectivity index (χ1n) is 8.10. The van der Waals surface area contributed by atoms with Crippen LogP contribution in [0, 0.1) is 0 Å². The minimum atomic E-state index is 0.356. The Morgan fingerprint density at radius 3 is 2.62 bits per heavy atom. The maximum Gasteiger partial charge on any atom is 0.0741 e. The van der Waals surface area contributed by atoms with Gasteiger partial charge >= 0.3 is 0 Å². The van der Waals surface area contributed by atoms with Gasteiger partial charge in [0, 0.05) is 9.75 Å². The van der Waals surface area contributed by atoms with E-state index >= 15 is 0 Å². The van der Waals surface area contributed by atoms with Crippen LogP contribution < -0.4 is 0 Å². The van der Waals surface area contributed by atoms with Crippen LogP contribution in [0.3, 0.4) is 0 Å². The Kier molecular flexibility index (Phi) is 4.85. The van der Waals surface area contributed by atoms with E-state index in [4.69, 9.17) is 0 Å². The Labute approximate surface area is 140 Å². The van der Waals surface area contributed by atoms with E-state index in [9.17, 15) is 0 Å². The van der Waals surface area contributed by atoms with E-state index in [2.05, 4.69) is 54.0 Å². The number of hydrogen-bond donors (Lipinski definition) is 0. The van der Waals surface area contributed by atoms with Crippen LogP contribution in [-0.2, 0) is 25.7 Å². The van der Waals surface area contributed by atoms with Crippen LogP contribution in [0.15, 0.2) is 24.3 Å². The van der Waals surface area contributed by atoms with Crippen LogP contribution in [0.1, 0.15) is 63.5 Å². The number of alkyl halides is 1. The fourth-order valence-electron chi connectivity index (χ4n) is 3.21. The zero-order valence-corrected chi connectivity index (χ0v) is 15.3. The predicted octanol–water partition coefficient (Wildman–Crippen LogP) is 6.24. The smallest absolute Gasteiger partial charge is 0.0741 e. The Morgan fingerprint density at radius 1 is 1.10 bits per heavy atom. The van der Waals surface area contributed by atoms with Crippen molar-refractivity contribution in [2.24, 2.45) is 0 Å². The lowest BCUT2D eigenvalue weighted by molar-refractivity contribution is 0.697. The molecule has 0 amide bonds. The Bertz CT molecular complexity index is 603. The number of fused-ring (bicyclic) bond motifs is 1. The zero-order chi connectivity index (χ0) is 14.8. The molecule has 0 bridgehead atoms. The van der Waals surface area contributed by atoms with E-state index in [-0.39, 0.29) is 0 Å². The monoisotopic (exact) mass is 362 g/mol. The Morgan fingerprint density at radius 2 is 1.90 bits per heavy atom. The highest BCUT2D eigenvalue weighted by molar-refractivity contribution is 9.09. The molecule has 0 spiro atoms. The van der Waals surface area contributed by atoms with E-state index in [1.165, 1.54) is 47.3 Å². The van der Waals surface area contributed by atoms with Crippen molar-refractivity contribution in [1.82, 2.24) is 0 Å². The van der Waals surface area contributed by atoms with Crippen LogP contribution in [0.25, 0.3) is 0 Å². The molecule has 0 radical (unpaired) electrons. The van der Waals surface area contributed by atoms with Crippen molar-refractivity contribution in [1.29, 1.82) is 0 Å². The zero-order valence-electron chi connectivity index (χ0n) is 12.9. The molecule has 2 aromatic rings. The summed E-state index contributed by atoms with van der Waals surface area (Å²) in [5, 5.41) is 0. The molecular formula is C19H23BrS. The van der Waals surface area contributed by atoms with Crippen molar-refractivity contribution in [2.45, 2.75) is 57.2 Å². The number of aryl methyl sites for hydroxylation is 4. The molecule has 21 heavy (non-hydrogen) atoms. The van der Waals surface area contributed by atoms with Gasteiger partial charge < -0.3 is 0 Å². The highest BCUT2D eigenvalue weighted by Crippen LogP contribution is 2.41. The number of halogens is 1. The molecule has 0 aliphatic heterocycles. The first kappa shape index (κ1) is 15.3. The standard InChI is InChI=1S/C19H23BrS/c1-3-13-9-10-14(4-2)16(11-13)19(20)18-12-15-7-5-6-8-17(15)21-18/h9-12,19H,3-8H2,1-2H3. The van der Waals surface area contributed by atoms with Crippen LogP contribution in [0.4, 0.5) is 0 Å². The quantitative estimate of drug-likeness (QED) is 0.565. The fraction of sp³-hybridized carbons (Fsp3) is 0.474. The summed E-state index contributed by atoms with van der Waals surface area (Å²) < 4.78 is 0. The molecule has 1 unspecified atom stereocenters. The van der Waals surface area contributed by atoms with E-state index in [0.717, 1.165) is 12.8 Å². The summed E-state index contributed by atoms with van der Waals surface area (Å²) in [6, 6.07) is 9.45. The molecule has 0 saturated carbocycles. The highest BCUT2D eigenvalue weighted by atomic mass is 79.9. The molecule has 112 valence electrons. The van der Waals surface area contributed by atoms with Gasteiger partial charge in [-0.15, -0.1) is 11.3 Å². The first-order chi connectivity index (χ1) is 10.2. The van der Waals surface area contributed by atoms with Crippen molar-refractivity contribution in [3.8, 4) is 0 Å². The van der Waals surface area contributed by atoms with Gasteiger partial charge in [0.2, 0.25) is 0 Å². The first-order valence-corrected chi connectivity index (χ1v) is 9.83. The van der Waals surface area contributed by atoms with Gasteiger partial charge in [-0.05, 0) is 66.8 Å². The maximum atomic E-state index is 3.99. The average molecular weight is 363 g/mol. The summed E-state index contributed by atoms with van der Waals surface area (Å²) in [7, 11) is 0. The number of hydrogen-bond acceptors (Lipinski definition) is 1. The van der Waals surface area contributed by atoms with E-state index in [1.807, 2.05) is 11.3 Å². The molecule has 3 rings (SSSR count). The van der Waals surface area contributed by atoms with Crippen molar-refractivity contribution < 1.29 is 0 Å². The van der Waals surface area contributed by atoms with Crippen LogP contribution in [-0.4, -0.2) is 0 Å². The molecule has 2 heteroatoms. The van der Waals surface area contributed by atoms with Gasteiger partial charge in [-0.1, -0.05) is 48.0 Å². The molecule has 0 fully saturated rings. The van der Waals surface area contributed by atoms with Crippen LogP contribution in [0.2, 0.25) is 0 Å². The minimum Gasteiger partial charge on any atom is -0.144 e. The van der Waals surface area contributed by atoms with Gasteiger partial charge in [0.1, 0.15) is 0 Å². The van der Waals surface area contributed by atoms with Crippen molar-refractivity contribution in [3.63, 3.8) is 0 Å². The topological polar surface area (TPSA) is 0 Å². The summed E-state index contributed by atoms with van der Waals surface area (Å²) in [5.74, 6) is 0. The molecular weight excluding hydrogens is 340 g/mol. The number of thiophene rings is 1. The average Bonchev–Trinajstić information content (AvgIpc) is 2.97. The second-order valence-corrected chi connectivity index (χ2v) is 7.99. The van der Waals surface area contributed by atoms with Gasteiger partial charge in [0.05, 0.1) is 4.83 Å². The van der Waals surface area contributed by atoms with E-state index < -0.39 is 0 Å². The molecule has 1 aliphatic carbocycles. The van der Waals surface area contributed by atoms with E-state index in [1.54, 1.807) is 10.4 Å². The summed E-state index contributed by atoms with van der Waals surface area (Å²) in [6.45, 7) is 4.49. The Hall–Kier alpha value is -0.600. The second-order valence-electron chi connectivity index (χ2n) is 5.91. The lowest BCUT2D eigenvalue weighted by Gasteiger charge is -2.15. The van der Waals surface area contributed by atoms with Gasteiger partial charge in [-0.2, -0.15) is 0 Å². The van der Waals surface area contributed by atoms with Crippen LogP contribution >= 0.6 is 27.3 Å². The minimum absolute atomic E-state index is 0.356. The van der Waals surface area contributed by atoms with Crippen molar-refractivity contribution >= 4 is 27.3 Å². The van der Waals surface area contributed by atoms with Gasteiger partial charge in [-0.25, -0.2) is 0 Å². The summed E-state index contributed by atoms with van der Waals surface area (Å²) in [5.41, 5.74) is 5.99. The lowest BCUT2D eigenvalue weighted by atomic mass is 9.96. The van der Waals surface area contributed by atoms with Crippen LogP contribution in [0.5, 0.6) is 0 Å². The third-order valence-electron chi connectivity index (χ3n) is 4.54. The molecule has 1 aromatic heterocycles. The van der Waals surface area contributed by atoms with Crippen molar-refractivity contribution in [3.05, 3.63) is 56.3 Å². The molecule has 0 N–H and O–H groups in total. The molecule has 1 aliphatic rings. The molecule has 1 heterocycles.